The molecule has 5 nitrogen and oxygen atoms in total. The first kappa shape index (κ1) is 13.3. The molecule has 1 saturated carbocycles. The molecule has 3 rings (SSSR count). The maximum atomic E-state index is 12.6. The molecule has 2 fully saturated rings. The van der Waals surface area contributed by atoms with E-state index >= 15 is 0 Å². The van der Waals surface area contributed by atoms with Crippen LogP contribution in [-0.2, 0) is 14.4 Å². The molecule has 3 aliphatic rings. The van der Waals surface area contributed by atoms with Gasteiger partial charge in [-0.15, -0.1) is 0 Å². The van der Waals surface area contributed by atoms with Crippen molar-refractivity contribution in [1.29, 1.82) is 0 Å². The zero-order valence-corrected chi connectivity index (χ0v) is 11.4. The zero-order chi connectivity index (χ0) is 14.3. The minimum Gasteiger partial charge on any atom is -0.479 e. The van der Waals surface area contributed by atoms with Gasteiger partial charge in [-0.2, -0.15) is 0 Å². The van der Waals surface area contributed by atoms with Crippen molar-refractivity contribution in [3.8, 4) is 0 Å². The first-order valence-electron chi connectivity index (χ1n) is 7.34. The number of allylic oxidation sites excluding steroid dienone is 2. The van der Waals surface area contributed by atoms with Crippen LogP contribution >= 0.6 is 0 Å². The van der Waals surface area contributed by atoms with Crippen molar-refractivity contribution in [1.82, 2.24) is 4.90 Å². The Labute approximate surface area is 117 Å². The van der Waals surface area contributed by atoms with Crippen LogP contribution < -0.4 is 0 Å². The molecule has 0 aromatic rings. The molecule has 0 spiro atoms. The van der Waals surface area contributed by atoms with Crippen molar-refractivity contribution in [2.45, 2.75) is 50.5 Å². The predicted molar refractivity (Wildman–Crippen MR) is 70.7 cm³/mol. The Balaban J connectivity index is 1.98. The van der Waals surface area contributed by atoms with Crippen LogP contribution in [0.5, 0.6) is 0 Å². The van der Waals surface area contributed by atoms with Gasteiger partial charge >= 0.3 is 5.97 Å². The summed E-state index contributed by atoms with van der Waals surface area (Å²) < 4.78 is 0. The van der Waals surface area contributed by atoms with Gasteiger partial charge in [-0.25, -0.2) is 4.79 Å². The van der Waals surface area contributed by atoms with E-state index in [9.17, 15) is 19.5 Å². The quantitative estimate of drug-likeness (QED) is 0.616. The fourth-order valence-electron chi connectivity index (χ4n) is 3.89. The lowest BCUT2D eigenvalue weighted by molar-refractivity contribution is -0.166. The number of rotatable bonds is 2. The highest BCUT2D eigenvalue weighted by Gasteiger charge is 2.58. The van der Waals surface area contributed by atoms with E-state index in [1.807, 2.05) is 12.2 Å². The third kappa shape index (κ3) is 1.72. The van der Waals surface area contributed by atoms with Crippen LogP contribution in [0.3, 0.4) is 0 Å². The van der Waals surface area contributed by atoms with Crippen molar-refractivity contribution in [3.63, 3.8) is 0 Å². The lowest BCUT2D eigenvalue weighted by atomic mass is 9.80. The second kappa shape index (κ2) is 4.72. The number of carbonyl (C=O) groups excluding carboxylic acids is 2. The van der Waals surface area contributed by atoms with Crippen LogP contribution in [0.1, 0.15) is 44.9 Å². The highest BCUT2D eigenvalue weighted by atomic mass is 16.4. The molecule has 108 valence electrons. The largest absolute Gasteiger partial charge is 0.479 e. The molecular weight excluding hydrogens is 258 g/mol. The van der Waals surface area contributed by atoms with Crippen LogP contribution in [0.4, 0.5) is 0 Å². The van der Waals surface area contributed by atoms with E-state index in [2.05, 4.69) is 0 Å². The number of hydrogen-bond donors (Lipinski definition) is 1. The lowest BCUT2D eigenvalue weighted by Gasteiger charge is -2.39. The maximum absolute atomic E-state index is 12.6. The number of fused-ring (bicyclic) bond motifs is 1. The third-order valence-corrected chi connectivity index (χ3v) is 5.01. The second-order valence-corrected chi connectivity index (χ2v) is 6.07. The number of carbonyl (C=O) groups is 3. The summed E-state index contributed by atoms with van der Waals surface area (Å²) in [5.41, 5.74) is -1.29. The Morgan fingerprint density at radius 2 is 1.55 bits per heavy atom. The van der Waals surface area contributed by atoms with E-state index in [0.29, 0.717) is 25.7 Å². The first-order chi connectivity index (χ1) is 9.58. The van der Waals surface area contributed by atoms with Crippen LogP contribution in [-0.4, -0.2) is 33.3 Å². The molecule has 2 atom stereocenters. The number of nitrogens with zero attached hydrogens (tertiary/aromatic N) is 1. The maximum Gasteiger partial charge on any atom is 0.330 e. The number of carboxylic acid groups (broad SMARTS) is 1. The highest BCUT2D eigenvalue weighted by Crippen LogP contribution is 2.43. The van der Waals surface area contributed by atoms with Gasteiger partial charge in [0.2, 0.25) is 11.8 Å². The van der Waals surface area contributed by atoms with E-state index in [1.165, 1.54) is 0 Å². The van der Waals surface area contributed by atoms with Crippen LogP contribution in [0, 0.1) is 11.8 Å². The fraction of sp³-hybridized carbons (Fsp3) is 0.667. The summed E-state index contributed by atoms with van der Waals surface area (Å²) >= 11 is 0. The minimum absolute atomic E-state index is 0.270. The van der Waals surface area contributed by atoms with E-state index in [-0.39, 0.29) is 23.7 Å². The van der Waals surface area contributed by atoms with Gasteiger partial charge in [0.25, 0.3) is 0 Å². The molecule has 1 aliphatic heterocycles. The molecule has 2 unspecified atom stereocenters. The van der Waals surface area contributed by atoms with Gasteiger partial charge in [0, 0.05) is 0 Å². The molecule has 0 bridgehead atoms. The number of hydrogen-bond acceptors (Lipinski definition) is 3. The fourth-order valence-corrected chi connectivity index (χ4v) is 3.89. The first-order valence-corrected chi connectivity index (χ1v) is 7.34. The normalized spacial score (nSPS) is 32.3. The molecule has 0 aromatic heterocycles. The molecule has 1 N–H and O–H groups in total. The molecule has 1 saturated heterocycles. The summed E-state index contributed by atoms with van der Waals surface area (Å²) in [5.74, 6) is -2.25. The minimum atomic E-state index is -1.29. The van der Waals surface area contributed by atoms with Gasteiger partial charge in [-0.05, 0) is 25.7 Å². The summed E-state index contributed by atoms with van der Waals surface area (Å²) in [6.45, 7) is 0. The van der Waals surface area contributed by atoms with Gasteiger partial charge in [0.15, 0.2) is 0 Å². The van der Waals surface area contributed by atoms with Gasteiger partial charge in [0.1, 0.15) is 5.54 Å². The average Bonchev–Trinajstić information content (AvgIpc) is 2.72. The third-order valence-electron chi connectivity index (χ3n) is 5.01. The molecule has 1 heterocycles. The Morgan fingerprint density at radius 3 is 2.00 bits per heavy atom. The van der Waals surface area contributed by atoms with Crippen LogP contribution in [0.15, 0.2) is 12.2 Å². The Bertz CT molecular complexity index is 464. The van der Waals surface area contributed by atoms with Gasteiger partial charge < -0.3 is 5.11 Å². The summed E-state index contributed by atoms with van der Waals surface area (Å²) in [6, 6.07) is 0. The molecule has 20 heavy (non-hydrogen) atoms. The van der Waals surface area contributed by atoms with Crippen LogP contribution in [0.25, 0.3) is 0 Å². The van der Waals surface area contributed by atoms with Crippen molar-refractivity contribution in [3.05, 3.63) is 12.2 Å². The summed E-state index contributed by atoms with van der Waals surface area (Å²) in [7, 11) is 0. The van der Waals surface area contributed by atoms with E-state index in [1.54, 1.807) is 0 Å². The van der Waals surface area contributed by atoms with Gasteiger partial charge in [-0.1, -0.05) is 31.4 Å². The Morgan fingerprint density at radius 1 is 1.05 bits per heavy atom. The van der Waals surface area contributed by atoms with Crippen LogP contribution in [0.2, 0.25) is 0 Å². The highest BCUT2D eigenvalue weighted by molar-refractivity contribution is 6.09. The van der Waals surface area contributed by atoms with Crippen molar-refractivity contribution in [2.24, 2.45) is 11.8 Å². The standard InChI is InChI=1S/C15H19NO4/c17-12-10-6-2-3-7-11(10)13(18)16(12)15(14(19)20)8-4-1-5-9-15/h2-3,10-11H,1,4-9H2,(H,19,20). The molecule has 0 radical (unpaired) electrons. The molecule has 0 aromatic carbocycles. The predicted octanol–water partition coefficient (Wildman–Crippen LogP) is 1.73. The molecule has 2 amide bonds. The lowest BCUT2D eigenvalue weighted by Crippen LogP contribution is -2.58. The average molecular weight is 277 g/mol. The molecule has 5 heteroatoms. The number of amides is 2. The van der Waals surface area contributed by atoms with Crippen molar-refractivity contribution >= 4 is 17.8 Å². The molecule has 2 aliphatic carbocycles. The van der Waals surface area contributed by atoms with E-state index in [0.717, 1.165) is 24.2 Å². The Hall–Kier alpha value is -1.65. The van der Waals surface area contributed by atoms with Gasteiger partial charge in [-0.3, -0.25) is 14.5 Å². The van der Waals surface area contributed by atoms with Crippen molar-refractivity contribution < 1.29 is 19.5 Å². The monoisotopic (exact) mass is 277 g/mol. The number of likely N-dealkylation sites (tertiary alicyclic amines) is 1. The number of imide groups is 1. The summed E-state index contributed by atoms with van der Waals surface area (Å²) in [5, 5.41) is 9.66. The molecular formula is C15H19NO4. The SMILES string of the molecule is O=C1C2CC=CCC2C(=O)N1C1(C(=O)O)CCCCC1. The topological polar surface area (TPSA) is 74.7 Å². The zero-order valence-electron chi connectivity index (χ0n) is 11.4. The second-order valence-electron chi connectivity index (χ2n) is 6.07. The number of carboxylic acids is 1. The van der Waals surface area contributed by atoms with Crippen molar-refractivity contribution in [2.75, 3.05) is 0 Å². The number of aliphatic carboxylic acids is 1. The Kier molecular flexibility index (Phi) is 3.15. The summed E-state index contributed by atoms with van der Waals surface area (Å²) in [4.78, 5) is 38.1. The summed E-state index contributed by atoms with van der Waals surface area (Å²) in [6.07, 6.45) is 8.24. The van der Waals surface area contributed by atoms with Gasteiger partial charge in [0.05, 0.1) is 11.8 Å². The smallest absolute Gasteiger partial charge is 0.330 e. The van der Waals surface area contributed by atoms with E-state index < -0.39 is 11.5 Å². The van der Waals surface area contributed by atoms with E-state index in [4.69, 9.17) is 0 Å².